The highest BCUT2D eigenvalue weighted by Gasteiger charge is 2.16. The Morgan fingerprint density at radius 2 is 1.50 bits per heavy atom. The molecule has 6 heteroatoms. The van der Waals surface area contributed by atoms with Crippen LogP contribution in [-0.4, -0.2) is 29.4 Å². The third-order valence-corrected chi connectivity index (χ3v) is 3.81. The van der Waals surface area contributed by atoms with E-state index in [0.717, 1.165) is 23.3 Å². The molecule has 0 radical (unpaired) electrons. The molecule has 0 saturated carbocycles. The number of carbonyl (C=O) groups excluding carboxylic acids is 1. The number of nitrogens with one attached hydrogen (secondary N) is 1. The molecule has 2 aromatic rings. The van der Waals surface area contributed by atoms with Crippen molar-refractivity contribution in [3.8, 4) is 5.75 Å². The zero-order valence-electron chi connectivity index (χ0n) is 16.5. The maximum absolute atomic E-state index is 11.8. The number of amides is 1. The molecule has 0 heterocycles. The highest BCUT2D eigenvalue weighted by atomic mass is 16.6. The van der Waals surface area contributed by atoms with Gasteiger partial charge < -0.3 is 14.6 Å². The van der Waals surface area contributed by atoms with Crippen molar-refractivity contribution in [2.45, 2.75) is 45.6 Å². The highest BCUT2D eigenvalue weighted by Crippen LogP contribution is 2.16. The van der Waals surface area contributed by atoms with Crippen LogP contribution in [0.3, 0.4) is 0 Å². The van der Waals surface area contributed by atoms with Gasteiger partial charge in [0.25, 0.3) is 0 Å². The van der Waals surface area contributed by atoms with E-state index in [1.54, 1.807) is 0 Å². The summed E-state index contributed by atoms with van der Waals surface area (Å²) in [6, 6.07) is 15.0. The molecule has 2 N–H and O–H groups in total. The van der Waals surface area contributed by atoms with Crippen molar-refractivity contribution >= 4 is 17.7 Å². The minimum Gasteiger partial charge on any atom is -0.493 e. The van der Waals surface area contributed by atoms with Crippen LogP contribution >= 0.6 is 0 Å². The molecule has 150 valence electrons. The van der Waals surface area contributed by atoms with Crippen LogP contribution in [0.1, 0.15) is 38.3 Å². The standard InChI is InChI=1S/C22H27NO5/c1-22(2,3)28-21(26)23-18-9-4-17(5-10-18)14-15-27-19-11-6-16(7-12-19)8-13-20(24)25/h4-7,9-12H,8,13-15H2,1-3H3,(H,23,26)(H,24,25). The molecule has 6 nitrogen and oxygen atoms in total. The lowest BCUT2D eigenvalue weighted by molar-refractivity contribution is -0.136. The van der Waals surface area contributed by atoms with Crippen LogP contribution in [-0.2, 0) is 22.4 Å². The van der Waals surface area contributed by atoms with Crippen molar-refractivity contribution in [3.63, 3.8) is 0 Å². The Bertz CT molecular complexity index is 776. The molecular weight excluding hydrogens is 358 g/mol. The van der Waals surface area contributed by atoms with Gasteiger partial charge in [0.2, 0.25) is 0 Å². The van der Waals surface area contributed by atoms with E-state index in [2.05, 4.69) is 5.32 Å². The van der Waals surface area contributed by atoms with E-state index >= 15 is 0 Å². The number of carboxylic acids is 1. The second kappa shape index (κ2) is 9.78. The van der Waals surface area contributed by atoms with Crippen LogP contribution in [0.15, 0.2) is 48.5 Å². The first-order chi connectivity index (χ1) is 13.2. The average Bonchev–Trinajstić information content (AvgIpc) is 2.61. The number of benzene rings is 2. The summed E-state index contributed by atoms with van der Waals surface area (Å²) in [6.07, 6.45) is 0.890. The van der Waals surface area contributed by atoms with Crippen molar-refractivity contribution in [2.75, 3.05) is 11.9 Å². The van der Waals surface area contributed by atoms with E-state index in [4.69, 9.17) is 14.6 Å². The van der Waals surface area contributed by atoms with Crippen molar-refractivity contribution in [2.24, 2.45) is 0 Å². The first-order valence-electron chi connectivity index (χ1n) is 9.24. The molecule has 0 aliphatic heterocycles. The second-order valence-corrected chi connectivity index (χ2v) is 7.46. The summed E-state index contributed by atoms with van der Waals surface area (Å²) in [5, 5.41) is 11.4. The Morgan fingerprint density at radius 1 is 0.929 bits per heavy atom. The van der Waals surface area contributed by atoms with Gasteiger partial charge in [-0.1, -0.05) is 24.3 Å². The molecule has 28 heavy (non-hydrogen) atoms. The van der Waals surface area contributed by atoms with E-state index < -0.39 is 17.7 Å². The van der Waals surface area contributed by atoms with Crippen molar-refractivity contribution in [3.05, 3.63) is 59.7 Å². The Labute approximate surface area is 165 Å². The number of ether oxygens (including phenoxy) is 2. The quantitative estimate of drug-likeness (QED) is 0.690. The number of anilines is 1. The number of carbonyl (C=O) groups is 2. The lowest BCUT2D eigenvalue weighted by Gasteiger charge is -2.19. The first kappa shape index (κ1) is 21.3. The molecule has 2 aromatic carbocycles. The first-order valence-corrected chi connectivity index (χ1v) is 9.24. The summed E-state index contributed by atoms with van der Waals surface area (Å²) in [7, 11) is 0. The maximum Gasteiger partial charge on any atom is 0.412 e. The normalized spacial score (nSPS) is 11.0. The van der Waals surface area contributed by atoms with Crippen molar-refractivity contribution < 1.29 is 24.2 Å². The van der Waals surface area contributed by atoms with Gasteiger partial charge in [0.05, 0.1) is 6.61 Å². The van der Waals surface area contributed by atoms with Gasteiger partial charge >= 0.3 is 12.1 Å². The van der Waals surface area contributed by atoms with Gasteiger partial charge in [-0.05, 0) is 62.6 Å². The summed E-state index contributed by atoms with van der Waals surface area (Å²) in [5.41, 5.74) is 2.21. The molecule has 0 bridgehead atoms. The number of carboxylic acid groups (broad SMARTS) is 1. The van der Waals surface area contributed by atoms with Gasteiger partial charge in [0.1, 0.15) is 11.4 Å². The third kappa shape index (κ3) is 8.12. The van der Waals surface area contributed by atoms with Crippen molar-refractivity contribution in [1.82, 2.24) is 0 Å². The van der Waals surface area contributed by atoms with Crippen LogP contribution in [0.4, 0.5) is 10.5 Å². The minimum atomic E-state index is -0.798. The highest BCUT2D eigenvalue weighted by molar-refractivity contribution is 5.84. The lowest BCUT2D eigenvalue weighted by Crippen LogP contribution is -2.27. The molecule has 0 aromatic heterocycles. The minimum absolute atomic E-state index is 0.124. The predicted octanol–water partition coefficient (Wildman–Crippen LogP) is 4.67. The van der Waals surface area contributed by atoms with E-state index in [9.17, 15) is 9.59 Å². The lowest BCUT2D eigenvalue weighted by atomic mass is 10.1. The van der Waals surface area contributed by atoms with Crippen LogP contribution in [0.2, 0.25) is 0 Å². The average molecular weight is 385 g/mol. The zero-order chi connectivity index (χ0) is 20.6. The fourth-order valence-electron chi connectivity index (χ4n) is 2.47. The number of aryl methyl sites for hydroxylation is 1. The maximum atomic E-state index is 11.8. The van der Waals surface area contributed by atoms with E-state index in [1.165, 1.54) is 0 Å². The van der Waals surface area contributed by atoms with E-state index in [-0.39, 0.29) is 6.42 Å². The van der Waals surface area contributed by atoms with Gasteiger partial charge in [-0.3, -0.25) is 10.1 Å². The van der Waals surface area contributed by atoms with Crippen LogP contribution in [0, 0.1) is 0 Å². The van der Waals surface area contributed by atoms with Gasteiger partial charge in [-0.15, -0.1) is 0 Å². The molecule has 0 fully saturated rings. The zero-order valence-corrected chi connectivity index (χ0v) is 16.5. The van der Waals surface area contributed by atoms with Gasteiger partial charge in [0, 0.05) is 18.5 Å². The molecule has 0 aliphatic rings. The van der Waals surface area contributed by atoms with Crippen LogP contribution in [0.25, 0.3) is 0 Å². The molecule has 2 rings (SSSR count). The Hall–Kier alpha value is -3.02. The fourth-order valence-corrected chi connectivity index (χ4v) is 2.47. The molecular formula is C22H27NO5. The molecule has 0 spiro atoms. The number of hydrogen-bond acceptors (Lipinski definition) is 4. The summed E-state index contributed by atoms with van der Waals surface area (Å²) < 4.78 is 11.0. The fraction of sp³-hybridized carbons (Fsp3) is 0.364. The smallest absolute Gasteiger partial charge is 0.412 e. The van der Waals surface area contributed by atoms with E-state index in [0.29, 0.717) is 18.7 Å². The summed E-state index contributed by atoms with van der Waals surface area (Å²) in [5.74, 6) is -0.0464. The predicted molar refractivity (Wildman–Crippen MR) is 108 cm³/mol. The van der Waals surface area contributed by atoms with Gasteiger partial charge in [-0.2, -0.15) is 0 Å². The van der Waals surface area contributed by atoms with E-state index in [1.807, 2.05) is 69.3 Å². The molecule has 0 atom stereocenters. The Morgan fingerprint density at radius 3 is 2.07 bits per heavy atom. The molecule has 0 unspecified atom stereocenters. The Kier molecular flexibility index (Phi) is 7.44. The SMILES string of the molecule is CC(C)(C)OC(=O)Nc1ccc(CCOc2ccc(CCC(=O)O)cc2)cc1. The van der Waals surface area contributed by atoms with Gasteiger partial charge in [0.15, 0.2) is 0 Å². The topological polar surface area (TPSA) is 84.9 Å². The number of aliphatic carboxylic acids is 1. The second-order valence-electron chi connectivity index (χ2n) is 7.46. The number of rotatable bonds is 8. The summed E-state index contributed by atoms with van der Waals surface area (Å²) in [4.78, 5) is 22.4. The largest absolute Gasteiger partial charge is 0.493 e. The molecule has 0 saturated heterocycles. The van der Waals surface area contributed by atoms with Crippen LogP contribution < -0.4 is 10.1 Å². The third-order valence-electron chi connectivity index (χ3n) is 3.81. The molecule has 0 aliphatic carbocycles. The van der Waals surface area contributed by atoms with Gasteiger partial charge in [-0.25, -0.2) is 4.79 Å². The summed E-state index contributed by atoms with van der Waals surface area (Å²) >= 11 is 0. The van der Waals surface area contributed by atoms with Crippen molar-refractivity contribution in [1.29, 1.82) is 0 Å². The molecule has 1 amide bonds. The monoisotopic (exact) mass is 385 g/mol. The number of hydrogen-bond donors (Lipinski definition) is 2. The summed E-state index contributed by atoms with van der Waals surface area (Å²) in [6.45, 7) is 5.98. The Balaban J connectivity index is 1.76. The van der Waals surface area contributed by atoms with Crippen LogP contribution in [0.5, 0.6) is 5.75 Å².